The summed E-state index contributed by atoms with van der Waals surface area (Å²) in [5, 5.41) is 8.88. The minimum Gasteiger partial charge on any atom is -0.497 e. The summed E-state index contributed by atoms with van der Waals surface area (Å²) in [5.74, 6) is -1.04. The second kappa shape index (κ2) is 6.80. The highest BCUT2D eigenvalue weighted by molar-refractivity contribution is 6.32. The van der Waals surface area contributed by atoms with E-state index in [0.29, 0.717) is 5.75 Å². The van der Waals surface area contributed by atoms with Crippen LogP contribution < -0.4 is 9.47 Å². The molecule has 102 valence electrons. The van der Waals surface area contributed by atoms with Gasteiger partial charge in [-0.25, -0.2) is 4.79 Å². The van der Waals surface area contributed by atoms with Crippen LogP contribution in [0.3, 0.4) is 0 Å². The van der Waals surface area contributed by atoms with Crippen molar-refractivity contribution in [2.24, 2.45) is 0 Å². The number of halogens is 1. The van der Waals surface area contributed by atoms with Gasteiger partial charge >= 0.3 is 11.9 Å². The molecule has 0 bridgehead atoms. The number of benzene rings is 1. The number of esters is 1. The molecule has 0 aliphatic carbocycles. The fourth-order valence-corrected chi connectivity index (χ4v) is 1.38. The van der Waals surface area contributed by atoms with Crippen molar-refractivity contribution in [2.75, 3.05) is 7.11 Å². The van der Waals surface area contributed by atoms with Gasteiger partial charge in [0.15, 0.2) is 5.75 Å². The monoisotopic (exact) mass is 284 g/mol. The molecule has 0 radical (unpaired) electrons. The molecule has 0 saturated heterocycles. The molecule has 0 amide bonds. The Hall–Kier alpha value is -2.01. The van der Waals surface area contributed by atoms with Crippen LogP contribution in [0.4, 0.5) is 0 Å². The van der Waals surface area contributed by atoms with Gasteiger partial charge in [0.1, 0.15) is 5.75 Å². The number of carbonyl (C=O) groups excluding carboxylic acids is 1. The summed E-state index contributed by atoms with van der Waals surface area (Å²) >= 11 is 5.87. The molecule has 0 atom stereocenters. The molecule has 5 nitrogen and oxygen atoms in total. The van der Waals surface area contributed by atoms with E-state index in [0.717, 1.165) is 0 Å². The summed E-state index contributed by atoms with van der Waals surface area (Å²) < 4.78 is 10.0. The van der Waals surface area contributed by atoms with E-state index >= 15 is 0 Å². The minimum absolute atomic E-state index is 0.0236. The maximum absolute atomic E-state index is 11.5. The lowest BCUT2D eigenvalue weighted by Gasteiger charge is -2.08. The Morgan fingerprint density at radius 3 is 2.63 bits per heavy atom. The first-order valence-corrected chi connectivity index (χ1v) is 5.77. The van der Waals surface area contributed by atoms with Crippen molar-refractivity contribution in [3.8, 4) is 11.5 Å². The summed E-state index contributed by atoms with van der Waals surface area (Å²) in [6, 6.07) is 4.65. The van der Waals surface area contributed by atoms with Gasteiger partial charge in [-0.3, -0.25) is 4.79 Å². The van der Waals surface area contributed by atoms with Crippen molar-refractivity contribution < 1.29 is 24.2 Å². The second-order valence-corrected chi connectivity index (χ2v) is 4.09. The van der Waals surface area contributed by atoms with Gasteiger partial charge in [-0.05, 0) is 18.6 Å². The third-order valence-corrected chi connectivity index (χ3v) is 2.61. The molecule has 0 fully saturated rings. The fraction of sp³-hybridized carbons (Fsp3) is 0.231. The summed E-state index contributed by atoms with van der Waals surface area (Å²) in [4.78, 5) is 22.1. The summed E-state index contributed by atoms with van der Waals surface area (Å²) in [5.41, 5.74) is -0.0475. The number of methoxy groups -OCH3 is 1. The van der Waals surface area contributed by atoms with Crippen molar-refractivity contribution in [2.45, 2.75) is 12.8 Å². The molecule has 1 aromatic rings. The molecule has 19 heavy (non-hydrogen) atoms. The van der Waals surface area contributed by atoms with E-state index in [2.05, 4.69) is 6.58 Å². The van der Waals surface area contributed by atoms with Gasteiger partial charge in [-0.2, -0.15) is 0 Å². The van der Waals surface area contributed by atoms with Crippen LogP contribution in [0.2, 0.25) is 5.02 Å². The van der Waals surface area contributed by atoms with E-state index in [1.807, 2.05) is 0 Å². The zero-order chi connectivity index (χ0) is 14.4. The van der Waals surface area contributed by atoms with Crippen molar-refractivity contribution in [3.05, 3.63) is 35.4 Å². The average Bonchev–Trinajstić information content (AvgIpc) is 2.38. The molecule has 0 aliphatic rings. The minimum atomic E-state index is -1.13. The first kappa shape index (κ1) is 15.0. The maximum Gasteiger partial charge on any atom is 0.330 e. The Balaban J connectivity index is 2.62. The van der Waals surface area contributed by atoms with Crippen molar-refractivity contribution in [1.82, 2.24) is 0 Å². The Morgan fingerprint density at radius 1 is 1.37 bits per heavy atom. The fourth-order valence-electron chi connectivity index (χ4n) is 1.22. The van der Waals surface area contributed by atoms with Crippen LogP contribution in [-0.4, -0.2) is 24.2 Å². The number of ether oxygens (including phenoxy) is 2. The zero-order valence-electron chi connectivity index (χ0n) is 10.3. The molecule has 0 aromatic heterocycles. The highest BCUT2D eigenvalue weighted by atomic mass is 35.5. The normalized spacial score (nSPS) is 9.79. The van der Waals surface area contributed by atoms with Gasteiger partial charge in [0.25, 0.3) is 0 Å². The van der Waals surface area contributed by atoms with Crippen molar-refractivity contribution in [3.63, 3.8) is 0 Å². The van der Waals surface area contributed by atoms with Gasteiger partial charge in [0.05, 0.1) is 18.6 Å². The molecule has 0 spiro atoms. The van der Waals surface area contributed by atoms with Gasteiger partial charge in [-0.1, -0.05) is 18.2 Å². The average molecular weight is 285 g/mol. The summed E-state index contributed by atoms with van der Waals surface area (Å²) in [7, 11) is 1.48. The lowest BCUT2D eigenvalue weighted by atomic mass is 10.2. The van der Waals surface area contributed by atoms with E-state index in [-0.39, 0.29) is 29.2 Å². The largest absolute Gasteiger partial charge is 0.497 e. The highest BCUT2D eigenvalue weighted by Gasteiger charge is 2.12. The topological polar surface area (TPSA) is 72.8 Å². The van der Waals surface area contributed by atoms with E-state index in [1.54, 1.807) is 12.1 Å². The van der Waals surface area contributed by atoms with Gasteiger partial charge in [0.2, 0.25) is 0 Å². The number of carboxylic acid groups (broad SMARTS) is 1. The number of aliphatic carboxylic acids is 1. The molecule has 0 heterocycles. The third kappa shape index (κ3) is 4.63. The van der Waals surface area contributed by atoms with Crippen LogP contribution in [0.25, 0.3) is 0 Å². The maximum atomic E-state index is 11.5. The van der Waals surface area contributed by atoms with Gasteiger partial charge < -0.3 is 14.6 Å². The quantitative estimate of drug-likeness (QED) is 0.494. The second-order valence-electron chi connectivity index (χ2n) is 3.68. The SMILES string of the molecule is C=C(CCC(=O)Oc1cc(OC)ccc1Cl)C(=O)O. The predicted molar refractivity (Wildman–Crippen MR) is 69.6 cm³/mol. The molecular formula is C13H13ClO5. The molecule has 1 aromatic carbocycles. The molecule has 0 unspecified atom stereocenters. The first-order valence-electron chi connectivity index (χ1n) is 5.39. The Labute approximate surface area is 115 Å². The van der Waals surface area contributed by atoms with Crippen LogP contribution in [0.5, 0.6) is 11.5 Å². The Kier molecular flexibility index (Phi) is 5.38. The lowest BCUT2D eigenvalue weighted by Crippen LogP contribution is -2.10. The Bertz CT molecular complexity index is 510. The predicted octanol–water partition coefficient (Wildman–Crippen LogP) is 2.68. The van der Waals surface area contributed by atoms with Gasteiger partial charge in [0, 0.05) is 11.6 Å². The van der Waals surface area contributed by atoms with Crippen LogP contribution in [0.1, 0.15) is 12.8 Å². The molecule has 0 aliphatic heterocycles. The standard InChI is InChI=1S/C13H13ClO5/c1-8(13(16)17)3-6-12(15)19-11-7-9(18-2)4-5-10(11)14/h4-5,7H,1,3,6H2,2H3,(H,16,17). The summed E-state index contributed by atoms with van der Waals surface area (Å²) in [6.45, 7) is 3.32. The van der Waals surface area contributed by atoms with Crippen LogP contribution in [-0.2, 0) is 9.59 Å². The number of carbonyl (C=O) groups is 2. The van der Waals surface area contributed by atoms with E-state index in [1.165, 1.54) is 13.2 Å². The highest BCUT2D eigenvalue weighted by Crippen LogP contribution is 2.29. The summed E-state index contributed by atoms with van der Waals surface area (Å²) in [6.07, 6.45) is -0.0611. The van der Waals surface area contributed by atoms with Crippen LogP contribution >= 0.6 is 11.6 Å². The zero-order valence-corrected chi connectivity index (χ0v) is 11.1. The number of hydrogen-bond donors (Lipinski definition) is 1. The van der Waals surface area contributed by atoms with Crippen molar-refractivity contribution >= 4 is 23.5 Å². The smallest absolute Gasteiger partial charge is 0.330 e. The molecule has 1 N–H and O–H groups in total. The molecule has 0 saturated carbocycles. The third-order valence-electron chi connectivity index (χ3n) is 2.30. The number of carboxylic acids is 1. The van der Waals surface area contributed by atoms with Crippen LogP contribution in [0, 0.1) is 0 Å². The van der Waals surface area contributed by atoms with Gasteiger partial charge in [-0.15, -0.1) is 0 Å². The molecular weight excluding hydrogens is 272 g/mol. The van der Waals surface area contributed by atoms with E-state index < -0.39 is 11.9 Å². The van der Waals surface area contributed by atoms with Crippen molar-refractivity contribution in [1.29, 1.82) is 0 Å². The van der Waals surface area contributed by atoms with E-state index in [4.69, 9.17) is 26.2 Å². The Morgan fingerprint density at radius 2 is 2.05 bits per heavy atom. The number of rotatable bonds is 6. The van der Waals surface area contributed by atoms with Crippen LogP contribution in [0.15, 0.2) is 30.4 Å². The molecule has 6 heteroatoms. The first-order chi connectivity index (χ1) is 8.93. The number of hydrogen-bond acceptors (Lipinski definition) is 4. The lowest BCUT2D eigenvalue weighted by molar-refractivity contribution is -0.134. The van der Waals surface area contributed by atoms with E-state index in [9.17, 15) is 9.59 Å². The molecule has 1 rings (SSSR count).